The second-order valence-corrected chi connectivity index (χ2v) is 7.54. The van der Waals surface area contributed by atoms with Crippen molar-refractivity contribution in [3.8, 4) is 0 Å². The van der Waals surface area contributed by atoms with E-state index in [9.17, 15) is 4.79 Å². The Balaban J connectivity index is 1.88. The molecule has 0 heterocycles. The number of rotatable bonds is 1. The molecule has 1 heteroatoms. The zero-order valence-corrected chi connectivity index (χ0v) is 11.6. The average Bonchev–Trinajstić information content (AvgIpc) is 2.62. The molecule has 3 rings (SSSR count). The van der Waals surface area contributed by atoms with Crippen molar-refractivity contribution >= 4 is 5.78 Å². The third kappa shape index (κ3) is 1.40. The van der Waals surface area contributed by atoms with E-state index in [4.69, 9.17) is 0 Å². The van der Waals surface area contributed by atoms with E-state index < -0.39 is 0 Å². The molecule has 3 fully saturated rings. The van der Waals surface area contributed by atoms with Gasteiger partial charge >= 0.3 is 0 Å². The van der Waals surface area contributed by atoms with Crippen LogP contribution in [0, 0.1) is 28.6 Å². The number of hydrogen-bond acceptors (Lipinski definition) is 1. The number of ketones is 1. The monoisotopic (exact) mass is 234 g/mol. The molecule has 0 radical (unpaired) electrons. The van der Waals surface area contributed by atoms with E-state index in [0.29, 0.717) is 28.4 Å². The van der Waals surface area contributed by atoms with Gasteiger partial charge in [-0.1, -0.05) is 27.2 Å². The van der Waals surface area contributed by atoms with E-state index in [1.807, 2.05) is 0 Å². The van der Waals surface area contributed by atoms with Crippen LogP contribution in [0.2, 0.25) is 0 Å². The molecule has 1 nitrogen and oxygen atoms in total. The Morgan fingerprint density at radius 2 is 1.88 bits per heavy atom. The molecule has 0 amide bonds. The first kappa shape index (κ1) is 11.7. The fraction of sp³-hybridized carbons (Fsp3) is 0.938. The minimum absolute atomic E-state index is 0.415. The lowest BCUT2D eigenvalue weighted by atomic mass is 9.61. The lowest BCUT2D eigenvalue weighted by Gasteiger charge is -2.43. The maximum Gasteiger partial charge on any atom is 0.136 e. The second-order valence-electron chi connectivity index (χ2n) is 7.54. The number of Topliss-reactive ketones (excluding diaryl/α,β-unsaturated/α-hetero) is 1. The largest absolute Gasteiger partial charge is 0.299 e. The molecule has 0 unspecified atom stereocenters. The van der Waals surface area contributed by atoms with Crippen LogP contribution in [0.15, 0.2) is 0 Å². The fourth-order valence-corrected chi connectivity index (χ4v) is 5.31. The number of hydrogen-bond donors (Lipinski definition) is 0. The summed E-state index contributed by atoms with van der Waals surface area (Å²) in [6.07, 6.45) is 8.57. The Morgan fingerprint density at radius 1 is 1.12 bits per heavy atom. The minimum Gasteiger partial charge on any atom is -0.299 e. The van der Waals surface area contributed by atoms with E-state index in [1.54, 1.807) is 0 Å². The highest BCUT2D eigenvalue weighted by Crippen LogP contribution is 2.70. The highest BCUT2D eigenvalue weighted by molar-refractivity contribution is 5.82. The third-order valence-corrected chi connectivity index (χ3v) is 6.95. The van der Waals surface area contributed by atoms with Crippen LogP contribution < -0.4 is 0 Å². The number of carbonyl (C=O) groups is 1. The van der Waals surface area contributed by atoms with Crippen LogP contribution in [0.25, 0.3) is 0 Å². The first-order valence-electron chi connectivity index (χ1n) is 7.49. The molecule has 0 saturated heterocycles. The smallest absolute Gasteiger partial charge is 0.136 e. The quantitative estimate of drug-likeness (QED) is 0.664. The van der Waals surface area contributed by atoms with E-state index >= 15 is 0 Å². The molecule has 0 aromatic heterocycles. The van der Waals surface area contributed by atoms with Gasteiger partial charge in [0.15, 0.2) is 0 Å². The summed E-state index contributed by atoms with van der Waals surface area (Å²) in [5.41, 5.74) is 0.907. The van der Waals surface area contributed by atoms with Gasteiger partial charge in [0.1, 0.15) is 5.78 Å². The summed E-state index contributed by atoms with van der Waals surface area (Å²) in [6.45, 7) is 7.39. The highest BCUT2D eigenvalue weighted by Gasteiger charge is 2.63. The van der Waals surface area contributed by atoms with Gasteiger partial charge in [-0.2, -0.15) is 0 Å². The van der Waals surface area contributed by atoms with Gasteiger partial charge in [0.05, 0.1) is 0 Å². The Hall–Kier alpha value is -0.330. The zero-order valence-electron chi connectivity index (χ0n) is 11.6. The number of carbonyl (C=O) groups excluding carboxylic acids is 1. The lowest BCUT2D eigenvalue weighted by Crippen LogP contribution is -2.39. The van der Waals surface area contributed by atoms with Gasteiger partial charge in [-0.25, -0.2) is 0 Å². The van der Waals surface area contributed by atoms with Crippen LogP contribution in [0.3, 0.4) is 0 Å². The normalized spacial score (nSPS) is 48.6. The van der Waals surface area contributed by atoms with Gasteiger partial charge in [0, 0.05) is 12.3 Å². The molecule has 0 spiro atoms. The molecule has 0 aromatic carbocycles. The molecule has 3 aliphatic carbocycles. The van der Waals surface area contributed by atoms with E-state index in [2.05, 4.69) is 20.8 Å². The maximum absolute atomic E-state index is 12.2. The molecule has 3 aliphatic rings. The van der Waals surface area contributed by atoms with Gasteiger partial charge in [-0.05, 0) is 54.8 Å². The fourth-order valence-electron chi connectivity index (χ4n) is 5.31. The average molecular weight is 234 g/mol. The van der Waals surface area contributed by atoms with Crippen LogP contribution in [-0.4, -0.2) is 5.78 Å². The predicted molar refractivity (Wildman–Crippen MR) is 69.7 cm³/mol. The molecule has 0 N–H and O–H groups in total. The lowest BCUT2D eigenvalue weighted by molar-refractivity contribution is -0.128. The predicted octanol–water partition coefficient (Wildman–Crippen LogP) is 4.21. The standard InChI is InChI=1S/C16H26O/c1-15(2)11-8-9-16(15,3)13(10-11)12-6-4-5-7-14(12)17/h11-13H,4-10H2,1-3H3/t11-,12+,13+,16+/m0/s1. The highest BCUT2D eigenvalue weighted by atomic mass is 16.1. The van der Waals surface area contributed by atoms with Crippen molar-refractivity contribution < 1.29 is 4.79 Å². The van der Waals surface area contributed by atoms with Crippen molar-refractivity contribution in [1.82, 2.24) is 0 Å². The molecule has 2 bridgehead atoms. The number of fused-ring (bicyclic) bond motifs is 2. The summed E-state index contributed by atoms with van der Waals surface area (Å²) < 4.78 is 0. The van der Waals surface area contributed by atoms with Crippen molar-refractivity contribution in [2.75, 3.05) is 0 Å². The van der Waals surface area contributed by atoms with Gasteiger partial charge in [-0.15, -0.1) is 0 Å². The molecule has 0 aromatic rings. The molecule has 0 aliphatic heterocycles. The second kappa shape index (κ2) is 3.59. The summed E-state index contributed by atoms with van der Waals surface area (Å²) in [5.74, 6) is 2.58. The molecule has 17 heavy (non-hydrogen) atoms. The molecule has 96 valence electrons. The summed E-state index contributed by atoms with van der Waals surface area (Å²) in [7, 11) is 0. The molecular formula is C16H26O. The van der Waals surface area contributed by atoms with Crippen LogP contribution in [-0.2, 0) is 4.79 Å². The van der Waals surface area contributed by atoms with Crippen molar-refractivity contribution in [2.45, 2.75) is 65.7 Å². The Labute approximate surface area is 105 Å². The molecule has 3 saturated carbocycles. The zero-order chi connectivity index (χ0) is 12.3. The van der Waals surface area contributed by atoms with E-state index in [-0.39, 0.29) is 0 Å². The van der Waals surface area contributed by atoms with Crippen LogP contribution in [0.4, 0.5) is 0 Å². The van der Waals surface area contributed by atoms with E-state index in [1.165, 1.54) is 32.1 Å². The summed E-state index contributed by atoms with van der Waals surface area (Å²) >= 11 is 0. The topological polar surface area (TPSA) is 17.1 Å². The molecular weight excluding hydrogens is 208 g/mol. The minimum atomic E-state index is 0.415. The Kier molecular flexibility index (Phi) is 2.48. The van der Waals surface area contributed by atoms with Gasteiger partial charge in [0.25, 0.3) is 0 Å². The summed E-state index contributed by atoms with van der Waals surface area (Å²) in [6, 6.07) is 0. The van der Waals surface area contributed by atoms with Crippen molar-refractivity contribution in [3.05, 3.63) is 0 Å². The van der Waals surface area contributed by atoms with Crippen LogP contribution >= 0.6 is 0 Å². The van der Waals surface area contributed by atoms with Crippen LogP contribution in [0.1, 0.15) is 65.7 Å². The molecule has 4 atom stereocenters. The van der Waals surface area contributed by atoms with E-state index in [0.717, 1.165) is 18.8 Å². The first-order chi connectivity index (χ1) is 7.97. The first-order valence-corrected chi connectivity index (χ1v) is 7.49. The summed E-state index contributed by atoms with van der Waals surface area (Å²) in [4.78, 5) is 12.2. The van der Waals surface area contributed by atoms with Crippen molar-refractivity contribution in [3.63, 3.8) is 0 Å². The third-order valence-electron chi connectivity index (χ3n) is 6.95. The Bertz CT molecular complexity index is 343. The van der Waals surface area contributed by atoms with Crippen molar-refractivity contribution in [2.24, 2.45) is 28.6 Å². The summed E-state index contributed by atoms with van der Waals surface area (Å²) in [5, 5.41) is 0. The van der Waals surface area contributed by atoms with Gasteiger partial charge in [0.2, 0.25) is 0 Å². The van der Waals surface area contributed by atoms with Gasteiger partial charge < -0.3 is 0 Å². The van der Waals surface area contributed by atoms with Crippen LogP contribution in [0.5, 0.6) is 0 Å². The Morgan fingerprint density at radius 3 is 2.41 bits per heavy atom. The van der Waals surface area contributed by atoms with Gasteiger partial charge in [-0.3, -0.25) is 4.79 Å². The van der Waals surface area contributed by atoms with Crippen molar-refractivity contribution in [1.29, 1.82) is 0 Å². The SMILES string of the molecule is CC1(C)[C@H]2CC[C@]1(C)[C@@H]([C@H]1CCCCC1=O)C2. The maximum atomic E-state index is 12.2.